The van der Waals surface area contributed by atoms with Crippen LogP contribution in [-0.4, -0.2) is 11.5 Å². The molecule has 0 unspecified atom stereocenters. The van der Waals surface area contributed by atoms with E-state index in [1.807, 2.05) is 13.0 Å². The topological polar surface area (TPSA) is 55.2 Å². The Balaban J connectivity index is 2.06. The Hall–Kier alpha value is -1.58. The summed E-state index contributed by atoms with van der Waals surface area (Å²) in [6.07, 6.45) is 6.55. The van der Waals surface area contributed by atoms with Crippen molar-refractivity contribution in [3.63, 3.8) is 0 Å². The summed E-state index contributed by atoms with van der Waals surface area (Å²) in [6.45, 7) is 4.72. The van der Waals surface area contributed by atoms with Gasteiger partial charge in [0, 0.05) is 23.9 Å². The average molecular weight is 262 g/mol. The lowest BCUT2D eigenvalue weighted by molar-refractivity contribution is -0.385. The van der Waals surface area contributed by atoms with Gasteiger partial charge < -0.3 is 5.32 Å². The molecule has 0 radical (unpaired) electrons. The number of anilines is 1. The highest BCUT2D eigenvalue weighted by atomic mass is 16.6. The van der Waals surface area contributed by atoms with Gasteiger partial charge in [-0.15, -0.1) is 0 Å². The Morgan fingerprint density at radius 2 is 1.89 bits per heavy atom. The predicted octanol–water partition coefficient (Wildman–Crippen LogP) is 4.20. The molecule has 4 heteroatoms. The Kier molecular flexibility index (Phi) is 4.40. The molecule has 0 spiro atoms. The van der Waals surface area contributed by atoms with Gasteiger partial charge >= 0.3 is 0 Å². The van der Waals surface area contributed by atoms with E-state index in [2.05, 4.69) is 5.32 Å². The second-order valence-corrected chi connectivity index (χ2v) is 5.60. The van der Waals surface area contributed by atoms with Crippen molar-refractivity contribution >= 4 is 11.4 Å². The van der Waals surface area contributed by atoms with Crippen LogP contribution in [0.5, 0.6) is 0 Å². The normalized spacial score (nSPS) is 16.3. The number of nitro benzene ring substituents is 1. The van der Waals surface area contributed by atoms with Crippen LogP contribution in [0.2, 0.25) is 0 Å². The van der Waals surface area contributed by atoms with Gasteiger partial charge in [-0.1, -0.05) is 19.3 Å². The van der Waals surface area contributed by atoms with Gasteiger partial charge in [0.15, 0.2) is 0 Å². The largest absolute Gasteiger partial charge is 0.384 e. The summed E-state index contributed by atoms with van der Waals surface area (Å²) in [5, 5.41) is 14.4. The predicted molar refractivity (Wildman–Crippen MR) is 77.6 cm³/mol. The number of benzene rings is 1. The van der Waals surface area contributed by atoms with Crippen molar-refractivity contribution in [2.75, 3.05) is 11.9 Å². The maximum Gasteiger partial charge on any atom is 0.274 e. The summed E-state index contributed by atoms with van der Waals surface area (Å²) >= 11 is 0. The zero-order chi connectivity index (χ0) is 13.8. The first-order chi connectivity index (χ1) is 9.08. The Morgan fingerprint density at radius 3 is 2.53 bits per heavy atom. The minimum absolute atomic E-state index is 0.205. The highest BCUT2D eigenvalue weighted by Crippen LogP contribution is 2.28. The summed E-state index contributed by atoms with van der Waals surface area (Å²) in [5.74, 6) is 0.716. The van der Waals surface area contributed by atoms with E-state index in [1.54, 1.807) is 13.0 Å². The molecule has 0 amide bonds. The van der Waals surface area contributed by atoms with Gasteiger partial charge in [0.2, 0.25) is 0 Å². The van der Waals surface area contributed by atoms with Gasteiger partial charge in [-0.25, -0.2) is 0 Å². The highest BCUT2D eigenvalue weighted by molar-refractivity contribution is 5.60. The second kappa shape index (κ2) is 6.04. The molecule has 19 heavy (non-hydrogen) atoms. The number of nitrogens with one attached hydrogen (secondary N) is 1. The summed E-state index contributed by atoms with van der Waals surface area (Å²) in [5.41, 5.74) is 2.92. The summed E-state index contributed by atoms with van der Waals surface area (Å²) in [6, 6.07) is 3.56. The highest BCUT2D eigenvalue weighted by Gasteiger charge is 2.16. The molecular weight excluding hydrogens is 240 g/mol. The first-order valence-corrected chi connectivity index (χ1v) is 7.07. The van der Waals surface area contributed by atoms with Crippen molar-refractivity contribution in [1.82, 2.24) is 0 Å². The lowest BCUT2D eigenvalue weighted by Crippen LogP contribution is -2.17. The van der Waals surface area contributed by atoms with Crippen molar-refractivity contribution in [2.45, 2.75) is 46.0 Å². The molecule has 2 rings (SSSR count). The van der Waals surface area contributed by atoms with E-state index in [-0.39, 0.29) is 10.6 Å². The van der Waals surface area contributed by atoms with Crippen molar-refractivity contribution in [1.29, 1.82) is 0 Å². The third kappa shape index (κ3) is 3.46. The Morgan fingerprint density at radius 1 is 1.21 bits per heavy atom. The first kappa shape index (κ1) is 13.8. The molecule has 1 aliphatic carbocycles. The number of nitrogens with zero attached hydrogens (tertiary/aromatic N) is 1. The Bertz CT molecular complexity index is 465. The molecule has 1 aromatic rings. The van der Waals surface area contributed by atoms with Gasteiger partial charge in [-0.2, -0.15) is 0 Å². The van der Waals surface area contributed by atoms with E-state index in [1.165, 1.54) is 32.1 Å². The molecule has 0 heterocycles. The minimum atomic E-state index is -0.305. The maximum absolute atomic E-state index is 11.0. The molecule has 1 aliphatic rings. The second-order valence-electron chi connectivity index (χ2n) is 5.60. The average Bonchev–Trinajstić information content (AvgIpc) is 2.38. The number of rotatable bonds is 4. The fourth-order valence-electron chi connectivity index (χ4n) is 2.87. The van der Waals surface area contributed by atoms with E-state index in [4.69, 9.17) is 0 Å². The third-order valence-electron chi connectivity index (χ3n) is 4.05. The van der Waals surface area contributed by atoms with E-state index >= 15 is 0 Å². The molecule has 4 nitrogen and oxygen atoms in total. The fraction of sp³-hybridized carbons (Fsp3) is 0.600. The quantitative estimate of drug-likeness (QED) is 0.653. The monoisotopic (exact) mass is 262 g/mol. The lowest BCUT2D eigenvalue weighted by Gasteiger charge is -2.22. The number of hydrogen-bond donors (Lipinski definition) is 1. The lowest BCUT2D eigenvalue weighted by atomic mass is 9.89. The Labute approximate surface area is 114 Å². The van der Waals surface area contributed by atoms with E-state index in [0.29, 0.717) is 5.92 Å². The van der Waals surface area contributed by atoms with Crippen LogP contribution in [0, 0.1) is 29.9 Å². The van der Waals surface area contributed by atoms with Crippen molar-refractivity contribution in [3.8, 4) is 0 Å². The van der Waals surface area contributed by atoms with Crippen LogP contribution in [0.1, 0.15) is 43.2 Å². The third-order valence-corrected chi connectivity index (χ3v) is 4.05. The summed E-state index contributed by atoms with van der Waals surface area (Å²) < 4.78 is 0. The van der Waals surface area contributed by atoms with E-state index < -0.39 is 0 Å². The van der Waals surface area contributed by atoms with Gasteiger partial charge in [0.05, 0.1) is 4.92 Å². The zero-order valence-corrected chi connectivity index (χ0v) is 11.7. The standard InChI is InChI=1S/C15H22N2O2/c1-11-8-12(2)15(17(18)19)9-14(11)16-10-13-6-4-3-5-7-13/h8-9,13,16H,3-7,10H2,1-2H3. The van der Waals surface area contributed by atoms with Gasteiger partial charge in [0.25, 0.3) is 5.69 Å². The molecule has 104 valence electrons. The molecule has 1 N–H and O–H groups in total. The molecule has 0 atom stereocenters. The van der Waals surface area contributed by atoms with Crippen LogP contribution in [0.4, 0.5) is 11.4 Å². The molecule has 0 aromatic heterocycles. The molecule has 0 bridgehead atoms. The molecule has 1 saturated carbocycles. The summed E-state index contributed by atoms with van der Waals surface area (Å²) in [4.78, 5) is 10.7. The smallest absolute Gasteiger partial charge is 0.274 e. The van der Waals surface area contributed by atoms with Crippen molar-refractivity contribution < 1.29 is 4.92 Å². The van der Waals surface area contributed by atoms with E-state index in [0.717, 1.165) is 23.4 Å². The molecular formula is C15H22N2O2. The van der Waals surface area contributed by atoms with Gasteiger partial charge in [-0.05, 0) is 44.2 Å². The van der Waals surface area contributed by atoms with Gasteiger partial charge in [0.1, 0.15) is 0 Å². The zero-order valence-electron chi connectivity index (χ0n) is 11.7. The minimum Gasteiger partial charge on any atom is -0.384 e. The van der Waals surface area contributed by atoms with Crippen LogP contribution < -0.4 is 5.32 Å². The van der Waals surface area contributed by atoms with Crippen LogP contribution in [-0.2, 0) is 0 Å². The van der Waals surface area contributed by atoms with E-state index in [9.17, 15) is 10.1 Å². The molecule has 1 fully saturated rings. The van der Waals surface area contributed by atoms with Gasteiger partial charge in [-0.3, -0.25) is 10.1 Å². The van der Waals surface area contributed by atoms with Crippen molar-refractivity contribution in [3.05, 3.63) is 33.4 Å². The molecule has 0 saturated heterocycles. The number of nitro groups is 1. The fourth-order valence-corrected chi connectivity index (χ4v) is 2.87. The number of hydrogen-bond acceptors (Lipinski definition) is 3. The van der Waals surface area contributed by atoms with Crippen LogP contribution >= 0.6 is 0 Å². The molecule has 1 aromatic carbocycles. The first-order valence-electron chi connectivity index (χ1n) is 7.07. The number of aryl methyl sites for hydroxylation is 2. The van der Waals surface area contributed by atoms with Crippen LogP contribution in [0.3, 0.4) is 0 Å². The SMILES string of the molecule is Cc1cc(C)c([N+](=O)[O-])cc1NCC1CCCCC1. The van der Waals surface area contributed by atoms with Crippen LogP contribution in [0.15, 0.2) is 12.1 Å². The van der Waals surface area contributed by atoms with Crippen LogP contribution in [0.25, 0.3) is 0 Å². The summed E-state index contributed by atoms with van der Waals surface area (Å²) in [7, 11) is 0. The van der Waals surface area contributed by atoms with Crippen molar-refractivity contribution in [2.24, 2.45) is 5.92 Å². The maximum atomic E-state index is 11.0. The molecule has 0 aliphatic heterocycles.